The van der Waals surface area contributed by atoms with E-state index in [2.05, 4.69) is 20.2 Å². The zero-order valence-electron chi connectivity index (χ0n) is 16.6. The van der Waals surface area contributed by atoms with Crippen molar-refractivity contribution in [3.05, 3.63) is 28.2 Å². The van der Waals surface area contributed by atoms with E-state index in [-0.39, 0.29) is 11.6 Å². The van der Waals surface area contributed by atoms with Crippen molar-refractivity contribution in [2.24, 2.45) is 5.73 Å². The maximum atomic E-state index is 12.7. The van der Waals surface area contributed by atoms with Crippen molar-refractivity contribution < 1.29 is 9.53 Å². The summed E-state index contributed by atoms with van der Waals surface area (Å²) in [4.78, 5) is 35.8. The molecule has 1 saturated heterocycles. The van der Waals surface area contributed by atoms with Crippen LogP contribution in [0, 0.1) is 0 Å². The summed E-state index contributed by atoms with van der Waals surface area (Å²) in [6.45, 7) is 4.97. The summed E-state index contributed by atoms with van der Waals surface area (Å²) in [5.74, 6) is -0.226. The van der Waals surface area contributed by atoms with Crippen LogP contribution in [0.1, 0.15) is 48.5 Å². The Morgan fingerprint density at radius 1 is 1.24 bits per heavy atom. The predicted octanol–water partition coefficient (Wildman–Crippen LogP) is 1.14. The minimum absolute atomic E-state index is 0.000278. The monoisotopic (exact) mass is 400 g/mol. The molecule has 2 aliphatic rings. The molecule has 1 amide bonds. The van der Waals surface area contributed by atoms with E-state index in [1.807, 2.05) is 4.57 Å². The number of fused-ring (bicyclic) bond motifs is 1. The summed E-state index contributed by atoms with van der Waals surface area (Å²) in [5.41, 5.74) is 5.61. The lowest BCUT2D eigenvalue weighted by Crippen LogP contribution is -2.39. The number of morpholine rings is 1. The Labute approximate surface area is 169 Å². The number of carbonyl (C=O) groups is 1. The van der Waals surface area contributed by atoms with Gasteiger partial charge in [-0.3, -0.25) is 14.5 Å². The molecule has 0 aromatic carbocycles. The molecular weight excluding hydrogens is 372 g/mol. The number of aromatic nitrogens is 3. The normalized spacial score (nSPS) is 18.8. The van der Waals surface area contributed by atoms with E-state index in [0.717, 1.165) is 58.5 Å². The lowest BCUT2D eigenvalue weighted by Gasteiger charge is -2.27. The molecule has 3 N–H and O–H groups in total. The van der Waals surface area contributed by atoms with Gasteiger partial charge in [-0.25, -0.2) is 4.98 Å². The molecule has 0 spiro atoms. The van der Waals surface area contributed by atoms with E-state index >= 15 is 0 Å². The van der Waals surface area contributed by atoms with Crippen LogP contribution in [0.2, 0.25) is 0 Å². The van der Waals surface area contributed by atoms with Crippen LogP contribution in [0.25, 0.3) is 11.0 Å². The average Bonchev–Trinajstić information content (AvgIpc) is 2.75. The van der Waals surface area contributed by atoms with Crippen molar-refractivity contribution in [1.82, 2.24) is 19.4 Å². The summed E-state index contributed by atoms with van der Waals surface area (Å²) in [6.07, 6.45) is 8.56. The highest BCUT2D eigenvalue weighted by molar-refractivity contribution is 5.95. The van der Waals surface area contributed by atoms with Crippen LogP contribution >= 0.6 is 0 Å². The van der Waals surface area contributed by atoms with Crippen molar-refractivity contribution >= 4 is 22.9 Å². The molecule has 9 heteroatoms. The Bertz CT molecular complexity index is 932. The molecule has 156 valence electrons. The fourth-order valence-electron chi connectivity index (χ4n) is 4.18. The third-order valence-electron chi connectivity index (χ3n) is 5.82. The molecule has 1 aliphatic carbocycles. The number of ether oxygens (including phenoxy) is 1. The minimum Gasteiger partial charge on any atom is -0.379 e. The molecule has 4 rings (SSSR count). The number of amides is 1. The van der Waals surface area contributed by atoms with Crippen molar-refractivity contribution in [3.8, 4) is 0 Å². The number of rotatable bonds is 6. The molecular formula is C20H28N6O3. The molecule has 3 heterocycles. The smallest absolute Gasteiger partial charge is 0.254 e. The van der Waals surface area contributed by atoms with Crippen molar-refractivity contribution in [3.63, 3.8) is 0 Å². The van der Waals surface area contributed by atoms with Crippen molar-refractivity contribution in [2.45, 2.75) is 38.1 Å². The second kappa shape index (κ2) is 8.87. The SMILES string of the molecule is NC(=O)c1cn(C2CCCCC2)c2nc(NCCN3CCOCC3)ncc2c1=O. The van der Waals surface area contributed by atoms with Gasteiger partial charge in [-0.15, -0.1) is 0 Å². The summed E-state index contributed by atoms with van der Waals surface area (Å²) >= 11 is 0. The van der Waals surface area contributed by atoms with Gasteiger partial charge in [0, 0.05) is 44.6 Å². The first-order valence-corrected chi connectivity index (χ1v) is 10.4. The quantitative estimate of drug-likeness (QED) is 0.747. The predicted molar refractivity (Wildman–Crippen MR) is 110 cm³/mol. The van der Waals surface area contributed by atoms with Crippen LogP contribution in [0.15, 0.2) is 17.2 Å². The Morgan fingerprint density at radius 3 is 2.72 bits per heavy atom. The third-order valence-corrected chi connectivity index (χ3v) is 5.82. The van der Waals surface area contributed by atoms with Gasteiger partial charge < -0.3 is 20.4 Å². The maximum Gasteiger partial charge on any atom is 0.254 e. The number of pyridine rings is 1. The highest BCUT2D eigenvalue weighted by Gasteiger charge is 2.21. The highest BCUT2D eigenvalue weighted by atomic mass is 16.5. The van der Waals surface area contributed by atoms with E-state index in [1.54, 1.807) is 6.20 Å². The van der Waals surface area contributed by atoms with Crippen LogP contribution in [0.5, 0.6) is 0 Å². The fourth-order valence-corrected chi connectivity index (χ4v) is 4.18. The number of nitrogens with zero attached hydrogens (tertiary/aromatic N) is 4. The van der Waals surface area contributed by atoms with Crippen molar-refractivity contribution in [2.75, 3.05) is 44.7 Å². The molecule has 0 atom stereocenters. The first kappa shape index (κ1) is 19.8. The number of anilines is 1. The van der Waals surface area contributed by atoms with Crippen LogP contribution < -0.4 is 16.5 Å². The highest BCUT2D eigenvalue weighted by Crippen LogP contribution is 2.30. The lowest BCUT2D eigenvalue weighted by molar-refractivity contribution is 0.0398. The van der Waals surface area contributed by atoms with Crippen molar-refractivity contribution in [1.29, 1.82) is 0 Å². The van der Waals surface area contributed by atoms with Gasteiger partial charge in [0.2, 0.25) is 11.4 Å². The summed E-state index contributed by atoms with van der Waals surface area (Å²) in [7, 11) is 0. The molecule has 1 saturated carbocycles. The minimum atomic E-state index is -0.714. The van der Waals surface area contributed by atoms with Crippen LogP contribution in [0.3, 0.4) is 0 Å². The van der Waals surface area contributed by atoms with E-state index < -0.39 is 11.3 Å². The Morgan fingerprint density at radius 2 is 2.00 bits per heavy atom. The van der Waals surface area contributed by atoms with Gasteiger partial charge in [-0.1, -0.05) is 19.3 Å². The molecule has 29 heavy (non-hydrogen) atoms. The zero-order chi connectivity index (χ0) is 20.2. The van der Waals surface area contributed by atoms with E-state index in [9.17, 15) is 9.59 Å². The first-order chi connectivity index (χ1) is 14.1. The van der Waals surface area contributed by atoms with Gasteiger partial charge in [-0.2, -0.15) is 4.98 Å². The number of nitrogens with two attached hydrogens (primary N) is 1. The van der Waals surface area contributed by atoms with Gasteiger partial charge in [0.25, 0.3) is 5.91 Å². The largest absolute Gasteiger partial charge is 0.379 e. The summed E-state index contributed by atoms with van der Waals surface area (Å²) in [5, 5.41) is 3.60. The second-order valence-electron chi connectivity index (χ2n) is 7.75. The molecule has 2 aromatic rings. The number of hydrogen-bond acceptors (Lipinski definition) is 7. The molecule has 2 fully saturated rings. The Hall–Kier alpha value is -2.52. The van der Waals surface area contributed by atoms with Crippen LogP contribution in [-0.4, -0.2) is 64.7 Å². The van der Waals surface area contributed by atoms with Gasteiger partial charge in [0.05, 0.1) is 18.6 Å². The van der Waals surface area contributed by atoms with Crippen LogP contribution in [-0.2, 0) is 4.74 Å². The Balaban J connectivity index is 1.61. The van der Waals surface area contributed by atoms with E-state index in [1.165, 1.54) is 12.6 Å². The maximum absolute atomic E-state index is 12.7. The van der Waals surface area contributed by atoms with Crippen LogP contribution in [0.4, 0.5) is 5.95 Å². The molecule has 1 aliphatic heterocycles. The van der Waals surface area contributed by atoms with Gasteiger partial charge in [-0.05, 0) is 12.8 Å². The zero-order valence-corrected chi connectivity index (χ0v) is 16.6. The first-order valence-electron chi connectivity index (χ1n) is 10.4. The number of carbonyl (C=O) groups excluding carboxylic acids is 1. The number of hydrogen-bond donors (Lipinski definition) is 2. The fraction of sp³-hybridized carbons (Fsp3) is 0.600. The third kappa shape index (κ3) is 4.40. The second-order valence-corrected chi connectivity index (χ2v) is 7.75. The Kier molecular flexibility index (Phi) is 6.05. The molecule has 0 radical (unpaired) electrons. The molecule has 0 bridgehead atoms. The number of primary amides is 1. The summed E-state index contributed by atoms with van der Waals surface area (Å²) in [6, 6.07) is 0.209. The van der Waals surface area contributed by atoms with Gasteiger partial charge >= 0.3 is 0 Å². The van der Waals surface area contributed by atoms with E-state index in [0.29, 0.717) is 23.5 Å². The standard InChI is InChI=1S/C20H28N6O3/c21-18(28)16-13-26(14-4-2-1-3-5-14)19-15(17(16)27)12-23-20(24-19)22-6-7-25-8-10-29-11-9-25/h12-14H,1-11H2,(H2,21,28)(H,22,23,24). The van der Waals surface area contributed by atoms with Gasteiger partial charge in [0.15, 0.2) is 0 Å². The molecule has 0 unspecified atom stereocenters. The molecule has 2 aromatic heterocycles. The van der Waals surface area contributed by atoms with Gasteiger partial charge in [0.1, 0.15) is 11.2 Å². The number of nitrogens with one attached hydrogen (secondary N) is 1. The topological polar surface area (TPSA) is 115 Å². The average molecular weight is 400 g/mol. The van der Waals surface area contributed by atoms with E-state index in [4.69, 9.17) is 10.5 Å². The summed E-state index contributed by atoms with van der Waals surface area (Å²) < 4.78 is 7.33. The lowest BCUT2D eigenvalue weighted by atomic mass is 9.95. The molecule has 9 nitrogen and oxygen atoms in total.